The number of H-pyrrole nitrogens is 2. The molecule has 10 heteroatoms. The molecule has 0 aliphatic heterocycles. The van der Waals surface area contributed by atoms with Crippen LogP contribution in [0.15, 0.2) is 40.1 Å². The number of hydrogen-bond acceptors (Lipinski definition) is 8. The molecule has 0 bridgehead atoms. The number of benzene rings is 1. The van der Waals surface area contributed by atoms with Crippen molar-refractivity contribution in [2.45, 2.75) is 12.3 Å². The summed E-state index contributed by atoms with van der Waals surface area (Å²) in [5, 5.41) is 11.2. The molecule has 162 valence electrons. The van der Waals surface area contributed by atoms with Crippen LogP contribution in [0.2, 0.25) is 0 Å². The van der Waals surface area contributed by atoms with Gasteiger partial charge in [-0.15, -0.1) is 0 Å². The molecule has 0 aliphatic rings. The first-order chi connectivity index (χ1) is 14.8. The van der Waals surface area contributed by atoms with Gasteiger partial charge in [0.2, 0.25) is 0 Å². The van der Waals surface area contributed by atoms with Gasteiger partial charge in [-0.25, -0.2) is 4.79 Å². The maximum absolute atomic E-state index is 12.8. The second-order valence-corrected chi connectivity index (χ2v) is 6.63. The third-order valence-electron chi connectivity index (χ3n) is 4.91. The predicted molar refractivity (Wildman–Crippen MR) is 110 cm³/mol. The van der Waals surface area contributed by atoms with Gasteiger partial charge in [-0.3, -0.25) is 14.4 Å². The number of carbonyl (C=O) groups excluding carboxylic acids is 2. The monoisotopic (exact) mass is 428 g/mol. The molecular weight excluding hydrogens is 408 g/mol. The Kier molecular flexibility index (Phi) is 6.10. The summed E-state index contributed by atoms with van der Waals surface area (Å²) in [4.78, 5) is 54.6. The number of methoxy groups -OCH3 is 3. The van der Waals surface area contributed by atoms with Gasteiger partial charge >= 0.3 is 11.9 Å². The van der Waals surface area contributed by atoms with E-state index in [-0.39, 0.29) is 16.7 Å². The van der Waals surface area contributed by atoms with Crippen LogP contribution >= 0.6 is 0 Å². The van der Waals surface area contributed by atoms with E-state index in [1.807, 2.05) is 0 Å². The van der Waals surface area contributed by atoms with Crippen molar-refractivity contribution in [3.05, 3.63) is 67.9 Å². The zero-order chi connectivity index (χ0) is 22.7. The molecule has 0 saturated carbocycles. The third kappa shape index (κ3) is 4.13. The Labute approximate surface area is 175 Å². The molecule has 1 atom stereocenters. The summed E-state index contributed by atoms with van der Waals surface area (Å²) in [5.41, 5.74) is -1.47. The molecule has 3 aromatic rings. The molecule has 1 unspecified atom stereocenters. The second kappa shape index (κ2) is 8.74. The third-order valence-corrected chi connectivity index (χ3v) is 4.91. The summed E-state index contributed by atoms with van der Waals surface area (Å²) in [6.45, 7) is 0. The molecule has 1 aromatic carbocycles. The maximum Gasteiger partial charge on any atom is 0.343 e. The fourth-order valence-electron chi connectivity index (χ4n) is 3.33. The Bertz CT molecular complexity index is 1270. The molecule has 0 amide bonds. The van der Waals surface area contributed by atoms with Gasteiger partial charge in [-0.1, -0.05) is 0 Å². The smallest absolute Gasteiger partial charge is 0.343 e. The lowest BCUT2D eigenvalue weighted by Crippen LogP contribution is -2.26. The number of aromatic amines is 2. The fourth-order valence-corrected chi connectivity index (χ4v) is 3.33. The Morgan fingerprint density at radius 1 is 1.06 bits per heavy atom. The minimum absolute atomic E-state index is 0.0222. The van der Waals surface area contributed by atoms with E-state index in [1.165, 1.54) is 13.2 Å². The van der Waals surface area contributed by atoms with Crippen molar-refractivity contribution in [3.63, 3.8) is 0 Å². The van der Waals surface area contributed by atoms with Crippen LogP contribution in [0.4, 0.5) is 0 Å². The van der Waals surface area contributed by atoms with Gasteiger partial charge in [0, 0.05) is 28.6 Å². The van der Waals surface area contributed by atoms with Gasteiger partial charge in [-0.05, 0) is 24.3 Å². The number of aromatic hydroxyl groups is 1. The van der Waals surface area contributed by atoms with E-state index >= 15 is 0 Å². The summed E-state index contributed by atoms with van der Waals surface area (Å²) in [6, 6.07) is 6.48. The first-order valence-electron chi connectivity index (χ1n) is 9.11. The first kappa shape index (κ1) is 21.6. The van der Waals surface area contributed by atoms with E-state index in [0.29, 0.717) is 16.7 Å². The number of esters is 2. The Hall–Kier alpha value is -4.08. The van der Waals surface area contributed by atoms with E-state index in [9.17, 15) is 24.3 Å². The van der Waals surface area contributed by atoms with Crippen LogP contribution in [0.5, 0.6) is 11.5 Å². The summed E-state index contributed by atoms with van der Waals surface area (Å²) < 4.78 is 14.5. The lowest BCUT2D eigenvalue weighted by Gasteiger charge is -2.18. The van der Waals surface area contributed by atoms with Gasteiger partial charge in [0.25, 0.3) is 11.1 Å². The summed E-state index contributed by atoms with van der Waals surface area (Å²) >= 11 is 0. The first-order valence-corrected chi connectivity index (χ1v) is 9.11. The molecule has 0 fully saturated rings. The van der Waals surface area contributed by atoms with Gasteiger partial charge < -0.3 is 29.3 Å². The highest BCUT2D eigenvalue weighted by molar-refractivity contribution is 5.92. The van der Waals surface area contributed by atoms with Crippen molar-refractivity contribution in [2.24, 2.45) is 0 Å². The quantitative estimate of drug-likeness (QED) is 0.499. The maximum atomic E-state index is 12.8. The van der Waals surface area contributed by atoms with Crippen LogP contribution in [0.1, 0.15) is 33.8 Å². The van der Waals surface area contributed by atoms with E-state index < -0.39 is 41.1 Å². The van der Waals surface area contributed by atoms with Crippen molar-refractivity contribution >= 4 is 22.8 Å². The largest absolute Gasteiger partial charge is 0.506 e. The molecule has 2 heterocycles. The second-order valence-electron chi connectivity index (χ2n) is 6.63. The molecule has 0 spiro atoms. The van der Waals surface area contributed by atoms with Crippen molar-refractivity contribution in [1.29, 1.82) is 0 Å². The molecule has 3 N–H and O–H groups in total. The number of fused-ring (bicyclic) bond motifs is 1. The predicted octanol–water partition coefficient (Wildman–Crippen LogP) is 1.41. The van der Waals surface area contributed by atoms with Crippen molar-refractivity contribution in [2.75, 3.05) is 21.3 Å². The van der Waals surface area contributed by atoms with Gasteiger partial charge in [0.05, 0.1) is 33.3 Å². The number of rotatable bonds is 6. The van der Waals surface area contributed by atoms with Gasteiger partial charge in [0.1, 0.15) is 17.1 Å². The van der Waals surface area contributed by atoms with Crippen LogP contribution in [0.25, 0.3) is 10.9 Å². The van der Waals surface area contributed by atoms with Crippen molar-refractivity contribution < 1.29 is 28.9 Å². The fraction of sp³-hybridized carbons (Fsp3) is 0.238. The molecular formula is C21H20N2O8. The Morgan fingerprint density at radius 3 is 2.45 bits per heavy atom. The van der Waals surface area contributed by atoms with Crippen LogP contribution in [0, 0.1) is 0 Å². The minimum atomic E-state index is -1.21. The number of hydrogen-bond donors (Lipinski definition) is 3. The SMILES string of the molecule is COC(=O)CC(c1cc2cc(OC)ccc2[nH]c1=O)c1c(O)c(C(=O)OC)c[nH]c1=O. The highest BCUT2D eigenvalue weighted by atomic mass is 16.5. The average Bonchev–Trinajstić information content (AvgIpc) is 2.77. The van der Waals surface area contributed by atoms with Crippen molar-refractivity contribution in [3.8, 4) is 11.5 Å². The van der Waals surface area contributed by atoms with Crippen LogP contribution in [0.3, 0.4) is 0 Å². The van der Waals surface area contributed by atoms with E-state index in [4.69, 9.17) is 9.47 Å². The van der Waals surface area contributed by atoms with Gasteiger partial charge in [-0.2, -0.15) is 0 Å². The lowest BCUT2D eigenvalue weighted by atomic mass is 9.88. The number of carbonyl (C=O) groups is 2. The molecule has 0 aliphatic carbocycles. The molecule has 10 nitrogen and oxygen atoms in total. The Balaban J connectivity index is 2.30. The van der Waals surface area contributed by atoms with Crippen LogP contribution in [-0.4, -0.2) is 48.3 Å². The average molecular weight is 428 g/mol. The van der Waals surface area contributed by atoms with Crippen LogP contribution in [-0.2, 0) is 14.3 Å². The number of ether oxygens (including phenoxy) is 3. The minimum Gasteiger partial charge on any atom is -0.506 e. The number of aromatic nitrogens is 2. The van der Waals surface area contributed by atoms with E-state index in [1.54, 1.807) is 18.2 Å². The normalized spacial score (nSPS) is 11.7. The summed E-state index contributed by atoms with van der Waals surface area (Å²) in [7, 11) is 3.76. The molecule has 2 aromatic heterocycles. The van der Waals surface area contributed by atoms with Crippen LogP contribution < -0.4 is 15.9 Å². The topological polar surface area (TPSA) is 148 Å². The highest BCUT2D eigenvalue weighted by Crippen LogP contribution is 2.33. The lowest BCUT2D eigenvalue weighted by molar-refractivity contribution is -0.140. The zero-order valence-corrected chi connectivity index (χ0v) is 17.0. The highest BCUT2D eigenvalue weighted by Gasteiger charge is 2.30. The van der Waals surface area contributed by atoms with Crippen molar-refractivity contribution in [1.82, 2.24) is 9.97 Å². The zero-order valence-electron chi connectivity index (χ0n) is 17.0. The summed E-state index contributed by atoms with van der Waals surface area (Å²) in [6.07, 6.45) is 0.564. The molecule has 31 heavy (non-hydrogen) atoms. The van der Waals surface area contributed by atoms with Gasteiger partial charge in [0.15, 0.2) is 0 Å². The van der Waals surface area contributed by atoms with E-state index in [0.717, 1.165) is 20.4 Å². The van der Waals surface area contributed by atoms with E-state index in [2.05, 4.69) is 14.7 Å². The molecule has 0 radical (unpaired) electrons. The molecule has 3 rings (SSSR count). The number of nitrogens with one attached hydrogen (secondary N) is 2. The number of pyridine rings is 2. The summed E-state index contributed by atoms with van der Waals surface area (Å²) in [5.74, 6) is -2.99. The Morgan fingerprint density at radius 2 is 1.81 bits per heavy atom. The standard InChI is InChI=1S/C21H20N2O8/c1-29-11-4-5-15-10(6-11)7-13(19(26)23-15)12(8-16(24)30-2)17-18(25)14(21(28)31-3)9-22-20(17)27/h4-7,9,12H,8H2,1-3H3,(H,23,26)(H2,22,25,27). The molecule has 0 saturated heterocycles.